The Morgan fingerprint density at radius 1 is 1.00 bits per heavy atom. The van der Waals surface area contributed by atoms with E-state index in [2.05, 4.69) is 0 Å². The zero-order valence-corrected chi connectivity index (χ0v) is 11.3. The van der Waals surface area contributed by atoms with Gasteiger partial charge >= 0.3 is 6.18 Å². The summed E-state index contributed by atoms with van der Waals surface area (Å²) >= 11 is 0. The van der Waals surface area contributed by atoms with Crippen LogP contribution in [0, 0.1) is 11.8 Å². The molecule has 1 aromatic carbocycles. The fraction of sp³-hybridized carbons (Fsp3) is 0.625. The number of hydrogen-bond acceptors (Lipinski definition) is 1. The summed E-state index contributed by atoms with van der Waals surface area (Å²) < 4.78 is 37.7. The molecule has 0 spiro atoms. The standard InChI is InChI=1S/C16H19F3O/c17-16(18,19)14-7-5-13(6-8-14)15(20)9-1-2-12(10-15)11-3-4-11/h5-8,11-12,20H,1-4,9-10H2. The molecule has 0 bridgehead atoms. The molecule has 2 aliphatic carbocycles. The molecule has 0 radical (unpaired) electrons. The van der Waals surface area contributed by atoms with Crippen LogP contribution in [0.25, 0.3) is 0 Å². The first kappa shape index (κ1) is 13.9. The van der Waals surface area contributed by atoms with Gasteiger partial charge in [-0.25, -0.2) is 0 Å². The summed E-state index contributed by atoms with van der Waals surface area (Å²) in [5, 5.41) is 10.8. The Hall–Kier alpha value is -1.03. The van der Waals surface area contributed by atoms with Gasteiger partial charge in [0.1, 0.15) is 0 Å². The van der Waals surface area contributed by atoms with Gasteiger partial charge in [-0.2, -0.15) is 13.2 Å². The highest BCUT2D eigenvalue weighted by atomic mass is 19.4. The minimum absolute atomic E-state index is 0.538. The predicted molar refractivity (Wildman–Crippen MR) is 70.0 cm³/mol. The van der Waals surface area contributed by atoms with Crippen LogP contribution in [0.1, 0.15) is 49.7 Å². The van der Waals surface area contributed by atoms with E-state index in [9.17, 15) is 18.3 Å². The van der Waals surface area contributed by atoms with E-state index in [1.807, 2.05) is 0 Å². The van der Waals surface area contributed by atoms with E-state index in [-0.39, 0.29) is 0 Å². The van der Waals surface area contributed by atoms with Crippen LogP contribution >= 0.6 is 0 Å². The highest BCUT2D eigenvalue weighted by Gasteiger charge is 2.42. The number of hydrogen-bond donors (Lipinski definition) is 1. The molecule has 2 unspecified atom stereocenters. The van der Waals surface area contributed by atoms with Crippen LogP contribution in [0.15, 0.2) is 24.3 Å². The smallest absolute Gasteiger partial charge is 0.385 e. The van der Waals surface area contributed by atoms with Crippen LogP contribution in [0.5, 0.6) is 0 Å². The van der Waals surface area contributed by atoms with Crippen LogP contribution in [0.4, 0.5) is 13.2 Å². The molecule has 2 saturated carbocycles. The van der Waals surface area contributed by atoms with Crippen LogP contribution in [0.2, 0.25) is 0 Å². The molecule has 0 aliphatic heterocycles. The zero-order chi connectivity index (χ0) is 14.4. The third kappa shape index (κ3) is 2.71. The number of halogens is 3. The van der Waals surface area contributed by atoms with Crippen molar-refractivity contribution in [3.8, 4) is 0 Å². The molecule has 1 N–H and O–H groups in total. The van der Waals surface area contributed by atoms with Gasteiger partial charge in [0.25, 0.3) is 0 Å². The first-order chi connectivity index (χ1) is 9.38. The van der Waals surface area contributed by atoms with Crippen LogP contribution in [-0.4, -0.2) is 5.11 Å². The molecule has 0 saturated heterocycles. The summed E-state index contributed by atoms with van der Waals surface area (Å²) in [4.78, 5) is 0. The number of aliphatic hydroxyl groups is 1. The van der Waals surface area contributed by atoms with Crippen molar-refractivity contribution in [2.45, 2.75) is 50.3 Å². The second kappa shape index (κ2) is 4.76. The van der Waals surface area contributed by atoms with E-state index in [1.54, 1.807) is 0 Å². The lowest BCUT2D eigenvalue weighted by molar-refractivity contribution is -0.137. The van der Waals surface area contributed by atoms with Crippen LogP contribution in [0.3, 0.4) is 0 Å². The molecule has 1 aromatic rings. The van der Waals surface area contributed by atoms with Crippen molar-refractivity contribution in [1.82, 2.24) is 0 Å². The molecule has 0 aromatic heterocycles. The minimum Gasteiger partial charge on any atom is -0.385 e. The number of alkyl halides is 3. The first-order valence-electron chi connectivity index (χ1n) is 7.29. The van der Waals surface area contributed by atoms with Crippen LogP contribution in [-0.2, 0) is 11.8 Å². The molecule has 1 nitrogen and oxygen atoms in total. The van der Waals surface area contributed by atoms with Gasteiger partial charge in [0.05, 0.1) is 11.2 Å². The van der Waals surface area contributed by atoms with E-state index < -0.39 is 17.3 Å². The highest BCUT2D eigenvalue weighted by molar-refractivity contribution is 5.29. The van der Waals surface area contributed by atoms with Crippen molar-refractivity contribution in [1.29, 1.82) is 0 Å². The Morgan fingerprint density at radius 3 is 2.20 bits per heavy atom. The van der Waals surface area contributed by atoms with Gasteiger partial charge in [-0.3, -0.25) is 0 Å². The van der Waals surface area contributed by atoms with E-state index in [1.165, 1.54) is 25.0 Å². The second-order valence-corrected chi connectivity index (χ2v) is 6.30. The molecule has 2 aliphatic rings. The summed E-state index contributed by atoms with van der Waals surface area (Å²) in [6.07, 6.45) is 1.63. The zero-order valence-electron chi connectivity index (χ0n) is 11.3. The van der Waals surface area contributed by atoms with Gasteiger partial charge in [0.2, 0.25) is 0 Å². The van der Waals surface area contributed by atoms with E-state index in [4.69, 9.17) is 0 Å². The van der Waals surface area contributed by atoms with Crippen LogP contribution < -0.4 is 0 Å². The lowest BCUT2D eigenvalue weighted by Gasteiger charge is -2.37. The van der Waals surface area contributed by atoms with Gasteiger partial charge in [0.15, 0.2) is 0 Å². The molecule has 20 heavy (non-hydrogen) atoms. The molecular formula is C16H19F3O. The largest absolute Gasteiger partial charge is 0.416 e. The van der Waals surface area contributed by atoms with E-state index in [0.29, 0.717) is 24.3 Å². The Labute approximate surface area is 116 Å². The fourth-order valence-electron chi connectivity index (χ4n) is 3.50. The lowest BCUT2D eigenvalue weighted by Crippen LogP contribution is -2.33. The van der Waals surface area contributed by atoms with Crippen molar-refractivity contribution >= 4 is 0 Å². The molecule has 110 valence electrons. The maximum Gasteiger partial charge on any atom is 0.416 e. The van der Waals surface area contributed by atoms with Gasteiger partial charge < -0.3 is 5.11 Å². The van der Waals surface area contributed by atoms with Crippen molar-refractivity contribution in [3.05, 3.63) is 35.4 Å². The molecule has 3 rings (SSSR count). The third-order valence-corrected chi connectivity index (χ3v) is 4.80. The molecular weight excluding hydrogens is 265 g/mol. The predicted octanol–water partition coefficient (Wildman–Crippen LogP) is 4.49. The Kier molecular flexibility index (Phi) is 3.32. The topological polar surface area (TPSA) is 20.2 Å². The maximum atomic E-state index is 12.6. The van der Waals surface area contributed by atoms with Crippen molar-refractivity contribution < 1.29 is 18.3 Å². The monoisotopic (exact) mass is 284 g/mol. The molecule has 2 atom stereocenters. The quantitative estimate of drug-likeness (QED) is 0.848. The SMILES string of the molecule is OC1(c2ccc(C(F)(F)F)cc2)CCCC(C2CC2)C1. The second-order valence-electron chi connectivity index (χ2n) is 6.30. The van der Waals surface area contributed by atoms with Gasteiger partial charge in [-0.1, -0.05) is 12.1 Å². The third-order valence-electron chi connectivity index (χ3n) is 4.80. The van der Waals surface area contributed by atoms with E-state index >= 15 is 0 Å². The summed E-state index contributed by atoms with van der Waals surface area (Å²) in [6, 6.07) is 5.04. The van der Waals surface area contributed by atoms with E-state index in [0.717, 1.165) is 30.9 Å². The average Bonchev–Trinajstić information content (AvgIpc) is 3.22. The maximum absolute atomic E-state index is 12.6. The lowest BCUT2D eigenvalue weighted by atomic mass is 9.73. The van der Waals surface area contributed by atoms with Gasteiger partial charge in [0, 0.05) is 0 Å². The molecule has 0 heterocycles. The Morgan fingerprint density at radius 2 is 1.65 bits per heavy atom. The van der Waals surface area contributed by atoms with Crippen molar-refractivity contribution in [2.75, 3.05) is 0 Å². The van der Waals surface area contributed by atoms with Gasteiger partial charge in [-0.05, 0) is 68.1 Å². The Bertz CT molecular complexity index is 475. The van der Waals surface area contributed by atoms with Crippen molar-refractivity contribution in [2.24, 2.45) is 11.8 Å². The molecule has 2 fully saturated rings. The average molecular weight is 284 g/mol. The minimum atomic E-state index is -4.32. The highest BCUT2D eigenvalue weighted by Crippen LogP contribution is 2.49. The number of rotatable bonds is 2. The van der Waals surface area contributed by atoms with Crippen molar-refractivity contribution in [3.63, 3.8) is 0 Å². The molecule has 4 heteroatoms. The summed E-state index contributed by atoms with van der Waals surface area (Å²) in [6.45, 7) is 0. The summed E-state index contributed by atoms with van der Waals surface area (Å²) in [5.74, 6) is 1.27. The normalized spacial score (nSPS) is 31.3. The summed E-state index contributed by atoms with van der Waals surface area (Å²) in [5.41, 5.74) is -0.953. The first-order valence-corrected chi connectivity index (χ1v) is 7.29. The Balaban J connectivity index is 1.79. The summed E-state index contributed by atoms with van der Waals surface area (Å²) in [7, 11) is 0. The molecule has 0 amide bonds. The fourth-order valence-corrected chi connectivity index (χ4v) is 3.50. The number of benzene rings is 1. The van der Waals surface area contributed by atoms with Gasteiger partial charge in [-0.15, -0.1) is 0 Å².